The molecule has 0 spiro atoms. The number of nitrogens with one attached hydrogen (secondary N) is 2. The molecule has 7 nitrogen and oxygen atoms in total. The zero-order valence-electron chi connectivity index (χ0n) is 14.7. The Balaban J connectivity index is 1.68. The zero-order chi connectivity index (χ0) is 19.7. The van der Waals surface area contributed by atoms with Crippen molar-refractivity contribution in [3.63, 3.8) is 0 Å². The van der Waals surface area contributed by atoms with Crippen molar-refractivity contribution >= 4 is 23.5 Å². The van der Waals surface area contributed by atoms with Crippen molar-refractivity contribution in [1.29, 1.82) is 0 Å². The molecule has 0 aliphatic carbocycles. The van der Waals surface area contributed by atoms with Crippen LogP contribution in [-0.4, -0.2) is 26.1 Å². The van der Waals surface area contributed by atoms with Crippen LogP contribution in [0.25, 0.3) is 0 Å². The first-order valence-electron chi connectivity index (χ1n) is 8.64. The molecule has 1 amide bonds. The van der Waals surface area contributed by atoms with Crippen molar-refractivity contribution in [1.82, 2.24) is 9.97 Å². The first-order valence-corrected chi connectivity index (χ1v) is 9.62. The number of nitrogens with zero attached hydrogens (tertiary/aromatic N) is 1. The summed E-state index contributed by atoms with van der Waals surface area (Å²) in [6.45, 7) is 0. The van der Waals surface area contributed by atoms with Gasteiger partial charge in [0.15, 0.2) is 16.7 Å². The van der Waals surface area contributed by atoms with Gasteiger partial charge in [0.05, 0.1) is 5.56 Å². The smallest absolute Gasteiger partial charge is 0.257 e. The monoisotopic (exact) mass is 395 g/mol. The van der Waals surface area contributed by atoms with Gasteiger partial charge in [-0.3, -0.25) is 9.59 Å². The van der Waals surface area contributed by atoms with Gasteiger partial charge in [0.2, 0.25) is 5.91 Å². The summed E-state index contributed by atoms with van der Waals surface area (Å²) in [6, 6.07) is 14.1. The summed E-state index contributed by atoms with van der Waals surface area (Å²) >= 11 is 1.37. The van der Waals surface area contributed by atoms with Gasteiger partial charge in [0.25, 0.3) is 5.56 Å². The Morgan fingerprint density at radius 2 is 1.86 bits per heavy atom. The molecule has 0 bridgehead atoms. The number of phenols is 2. The number of aromatic nitrogens is 2. The molecule has 8 heteroatoms. The summed E-state index contributed by atoms with van der Waals surface area (Å²) in [6.07, 6.45) is 0.0540. The van der Waals surface area contributed by atoms with Crippen LogP contribution in [-0.2, 0) is 10.5 Å². The molecule has 4 N–H and O–H groups in total. The highest BCUT2D eigenvalue weighted by Gasteiger charge is 2.31. The fraction of sp³-hybridized carbons (Fsp3) is 0.150. The van der Waals surface area contributed by atoms with Crippen LogP contribution in [0.1, 0.15) is 29.0 Å². The molecular formula is C20H17N3O4S. The molecule has 3 aromatic rings. The number of amides is 1. The van der Waals surface area contributed by atoms with Crippen molar-refractivity contribution < 1.29 is 15.0 Å². The summed E-state index contributed by atoms with van der Waals surface area (Å²) in [5.41, 5.74) is 1.66. The molecule has 0 saturated carbocycles. The topological polar surface area (TPSA) is 115 Å². The van der Waals surface area contributed by atoms with Crippen LogP contribution >= 0.6 is 11.8 Å². The number of carbonyl (C=O) groups is 1. The van der Waals surface area contributed by atoms with Crippen LogP contribution in [0.5, 0.6) is 11.5 Å². The van der Waals surface area contributed by atoms with Gasteiger partial charge in [-0.1, -0.05) is 48.2 Å². The lowest BCUT2D eigenvalue weighted by Gasteiger charge is -2.24. The molecular weight excluding hydrogens is 378 g/mol. The maximum Gasteiger partial charge on any atom is 0.257 e. The molecule has 0 unspecified atom stereocenters. The number of fused-ring (bicyclic) bond motifs is 1. The number of hydrogen-bond donors (Lipinski definition) is 4. The molecule has 0 radical (unpaired) electrons. The normalized spacial score (nSPS) is 15.7. The second kappa shape index (κ2) is 7.40. The van der Waals surface area contributed by atoms with E-state index in [1.165, 1.54) is 23.9 Å². The molecule has 28 heavy (non-hydrogen) atoms. The Bertz CT molecular complexity index is 1100. The predicted molar refractivity (Wildman–Crippen MR) is 106 cm³/mol. The molecule has 0 fully saturated rings. The standard InChI is InChI=1S/C20H17N3O4S/c24-14-7-6-12(8-15(14)25)13-9-16(26)21-18-17(13)19(27)23-20(22-18)28-10-11-4-2-1-3-5-11/h1-8,13,24-25H,9-10H2,(H2,21,22,23,26,27)/t13-/m0/s1. The fourth-order valence-corrected chi connectivity index (χ4v) is 4.00. The van der Waals surface area contributed by atoms with E-state index in [0.717, 1.165) is 5.56 Å². The fourth-order valence-electron chi connectivity index (χ4n) is 3.19. The zero-order valence-corrected chi connectivity index (χ0v) is 15.5. The Hall–Kier alpha value is -3.26. The number of rotatable bonds is 4. The summed E-state index contributed by atoms with van der Waals surface area (Å²) in [4.78, 5) is 32.1. The highest BCUT2D eigenvalue weighted by Crippen LogP contribution is 2.37. The Morgan fingerprint density at radius 1 is 1.07 bits per heavy atom. The number of anilines is 1. The van der Waals surface area contributed by atoms with E-state index in [-0.39, 0.29) is 35.2 Å². The van der Waals surface area contributed by atoms with Crippen LogP contribution in [0.4, 0.5) is 5.82 Å². The van der Waals surface area contributed by atoms with Crippen LogP contribution in [0.2, 0.25) is 0 Å². The quantitative estimate of drug-likeness (QED) is 0.307. The SMILES string of the molecule is O=C1C[C@@H](c2ccc(O)c(O)c2)c2c(nc(SCc3ccccc3)[nH]c2=O)N1. The molecule has 1 atom stereocenters. The summed E-state index contributed by atoms with van der Waals surface area (Å²) in [5, 5.41) is 22.4. The third-order valence-electron chi connectivity index (χ3n) is 4.55. The van der Waals surface area contributed by atoms with E-state index < -0.39 is 5.92 Å². The number of benzene rings is 2. The van der Waals surface area contributed by atoms with E-state index in [1.807, 2.05) is 30.3 Å². The van der Waals surface area contributed by atoms with Crippen LogP contribution in [0.15, 0.2) is 58.5 Å². The van der Waals surface area contributed by atoms with Crippen molar-refractivity contribution in [2.45, 2.75) is 23.2 Å². The maximum atomic E-state index is 12.8. The first-order chi connectivity index (χ1) is 13.5. The van der Waals surface area contributed by atoms with Gasteiger partial charge < -0.3 is 20.5 Å². The highest BCUT2D eigenvalue weighted by molar-refractivity contribution is 7.98. The number of H-pyrrole nitrogens is 1. The second-order valence-corrected chi connectivity index (χ2v) is 7.42. The third kappa shape index (κ3) is 3.59. The number of aromatic hydroxyl groups is 2. The van der Waals surface area contributed by atoms with Gasteiger partial charge in [-0.2, -0.15) is 0 Å². The Kier molecular flexibility index (Phi) is 4.79. The second-order valence-electron chi connectivity index (χ2n) is 6.46. The van der Waals surface area contributed by atoms with E-state index in [0.29, 0.717) is 22.0 Å². The average Bonchev–Trinajstić information content (AvgIpc) is 2.68. The van der Waals surface area contributed by atoms with Gasteiger partial charge in [0, 0.05) is 18.1 Å². The predicted octanol–water partition coefficient (Wildman–Crippen LogP) is 2.95. The molecule has 0 saturated heterocycles. The Labute approximate surface area is 164 Å². The number of hydrogen-bond acceptors (Lipinski definition) is 6. The van der Waals surface area contributed by atoms with E-state index in [2.05, 4.69) is 15.3 Å². The van der Waals surface area contributed by atoms with E-state index in [9.17, 15) is 19.8 Å². The summed E-state index contributed by atoms with van der Waals surface area (Å²) in [5.74, 6) is -0.519. The molecule has 2 aromatic carbocycles. The number of carbonyl (C=O) groups excluding carboxylic acids is 1. The van der Waals surface area contributed by atoms with Crippen molar-refractivity contribution in [2.75, 3.05) is 5.32 Å². The van der Waals surface area contributed by atoms with Crippen LogP contribution in [0.3, 0.4) is 0 Å². The highest BCUT2D eigenvalue weighted by atomic mass is 32.2. The third-order valence-corrected chi connectivity index (χ3v) is 5.49. The molecule has 1 aromatic heterocycles. The lowest BCUT2D eigenvalue weighted by Crippen LogP contribution is -2.31. The lowest BCUT2D eigenvalue weighted by atomic mass is 9.86. The first kappa shape index (κ1) is 18.1. The number of aromatic amines is 1. The van der Waals surface area contributed by atoms with Gasteiger partial charge in [0.1, 0.15) is 5.82 Å². The molecule has 142 valence electrons. The van der Waals surface area contributed by atoms with Crippen LogP contribution < -0.4 is 10.9 Å². The minimum Gasteiger partial charge on any atom is -0.504 e. The van der Waals surface area contributed by atoms with Gasteiger partial charge >= 0.3 is 0 Å². The molecule has 1 aliphatic rings. The van der Waals surface area contributed by atoms with E-state index >= 15 is 0 Å². The van der Waals surface area contributed by atoms with Crippen molar-refractivity contribution in [3.05, 3.63) is 75.6 Å². The molecule has 4 rings (SSSR count). The van der Waals surface area contributed by atoms with Gasteiger partial charge in [-0.15, -0.1) is 0 Å². The Morgan fingerprint density at radius 3 is 2.61 bits per heavy atom. The van der Waals surface area contributed by atoms with Gasteiger partial charge in [-0.25, -0.2) is 4.98 Å². The summed E-state index contributed by atoms with van der Waals surface area (Å²) < 4.78 is 0. The largest absolute Gasteiger partial charge is 0.504 e. The minimum absolute atomic E-state index is 0.0540. The number of thioether (sulfide) groups is 1. The van der Waals surface area contributed by atoms with E-state index in [1.54, 1.807) is 6.07 Å². The van der Waals surface area contributed by atoms with Crippen molar-refractivity contribution in [2.24, 2.45) is 0 Å². The molecule has 1 aliphatic heterocycles. The lowest BCUT2D eigenvalue weighted by molar-refractivity contribution is -0.116. The average molecular weight is 395 g/mol. The van der Waals surface area contributed by atoms with Crippen molar-refractivity contribution in [3.8, 4) is 11.5 Å². The number of phenolic OH excluding ortho intramolecular Hbond substituents is 2. The van der Waals surface area contributed by atoms with Gasteiger partial charge in [-0.05, 0) is 23.3 Å². The van der Waals surface area contributed by atoms with Crippen LogP contribution in [0, 0.1) is 0 Å². The minimum atomic E-state index is -0.556. The molecule has 2 heterocycles. The summed E-state index contributed by atoms with van der Waals surface area (Å²) in [7, 11) is 0. The maximum absolute atomic E-state index is 12.8. The van der Waals surface area contributed by atoms with E-state index in [4.69, 9.17) is 0 Å².